The molecule has 0 amide bonds. The zero-order chi connectivity index (χ0) is 13.4. The van der Waals surface area contributed by atoms with Crippen LogP contribution < -0.4 is 5.32 Å². The Kier molecular flexibility index (Phi) is 3.41. The van der Waals surface area contributed by atoms with Crippen molar-refractivity contribution in [3.05, 3.63) is 35.4 Å². The lowest BCUT2D eigenvalue weighted by Gasteiger charge is -2.21. The fraction of sp³-hybridized carbons (Fsp3) is 0.571. The summed E-state index contributed by atoms with van der Waals surface area (Å²) in [6.07, 6.45) is -1.96. The number of benzene rings is 1. The Morgan fingerprint density at radius 2 is 1.89 bits per heavy atom. The van der Waals surface area contributed by atoms with Gasteiger partial charge in [0, 0.05) is 12.6 Å². The van der Waals surface area contributed by atoms with Gasteiger partial charge in [-0.2, -0.15) is 13.2 Å². The number of hydrogen-bond donors (Lipinski definition) is 1. The minimum Gasteiger partial charge on any atom is -0.310 e. The van der Waals surface area contributed by atoms with Gasteiger partial charge in [-0.05, 0) is 36.8 Å². The van der Waals surface area contributed by atoms with Crippen molar-refractivity contribution >= 4 is 0 Å². The van der Waals surface area contributed by atoms with Crippen LogP contribution in [0, 0.1) is 5.41 Å². The Bertz CT molecular complexity index is 421. The molecule has 100 valence electrons. The second-order valence-corrected chi connectivity index (χ2v) is 5.50. The van der Waals surface area contributed by atoms with Crippen LogP contribution >= 0.6 is 0 Å². The number of hydrogen-bond acceptors (Lipinski definition) is 1. The molecule has 0 saturated heterocycles. The normalized spacial score (nSPS) is 19.6. The molecule has 0 heterocycles. The molecule has 1 unspecified atom stereocenters. The third-order valence-electron chi connectivity index (χ3n) is 3.67. The molecule has 1 N–H and O–H groups in total. The lowest BCUT2D eigenvalue weighted by atomic mass is 10.00. The molecule has 1 aliphatic carbocycles. The van der Waals surface area contributed by atoms with Crippen molar-refractivity contribution in [1.82, 2.24) is 5.32 Å². The van der Waals surface area contributed by atoms with E-state index in [-0.39, 0.29) is 6.04 Å². The first-order chi connectivity index (χ1) is 8.32. The van der Waals surface area contributed by atoms with Crippen LogP contribution in [0.3, 0.4) is 0 Å². The molecule has 0 aliphatic heterocycles. The van der Waals surface area contributed by atoms with Crippen molar-refractivity contribution in [1.29, 1.82) is 0 Å². The molecule has 0 radical (unpaired) electrons. The molecule has 1 nitrogen and oxygen atoms in total. The van der Waals surface area contributed by atoms with Crippen LogP contribution in [0.1, 0.15) is 43.9 Å². The van der Waals surface area contributed by atoms with Crippen LogP contribution in [-0.2, 0) is 6.18 Å². The van der Waals surface area contributed by atoms with Gasteiger partial charge < -0.3 is 5.32 Å². The fourth-order valence-electron chi connectivity index (χ4n) is 2.03. The SMILES string of the molecule is CC(NCC1(C)CC1)c1ccccc1C(F)(F)F. The topological polar surface area (TPSA) is 12.0 Å². The van der Waals surface area contributed by atoms with Crippen LogP contribution in [-0.4, -0.2) is 6.54 Å². The van der Waals surface area contributed by atoms with Crippen LogP contribution in [0.4, 0.5) is 13.2 Å². The highest BCUT2D eigenvalue weighted by Crippen LogP contribution is 2.44. The van der Waals surface area contributed by atoms with Crippen molar-refractivity contribution in [3.8, 4) is 0 Å². The molecule has 18 heavy (non-hydrogen) atoms. The third-order valence-corrected chi connectivity index (χ3v) is 3.67. The van der Waals surface area contributed by atoms with Gasteiger partial charge >= 0.3 is 6.18 Å². The Labute approximate surface area is 105 Å². The van der Waals surface area contributed by atoms with Crippen LogP contribution in [0.2, 0.25) is 0 Å². The smallest absolute Gasteiger partial charge is 0.310 e. The van der Waals surface area contributed by atoms with Gasteiger partial charge in [-0.3, -0.25) is 0 Å². The third kappa shape index (κ3) is 3.05. The van der Waals surface area contributed by atoms with Gasteiger partial charge in [-0.15, -0.1) is 0 Å². The lowest BCUT2D eigenvalue weighted by molar-refractivity contribution is -0.138. The van der Waals surface area contributed by atoms with Gasteiger partial charge in [0.2, 0.25) is 0 Å². The monoisotopic (exact) mass is 257 g/mol. The molecule has 1 aromatic carbocycles. The maximum Gasteiger partial charge on any atom is 0.416 e. The number of halogens is 3. The van der Waals surface area contributed by atoms with Crippen molar-refractivity contribution in [2.75, 3.05) is 6.54 Å². The minimum atomic E-state index is -4.28. The van der Waals surface area contributed by atoms with Gasteiger partial charge in [0.25, 0.3) is 0 Å². The van der Waals surface area contributed by atoms with E-state index in [1.165, 1.54) is 6.07 Å². The summed E-state index contributed by atoms with van der Waals surface area (Å²) in [7, 11) is 0. The first-order valence-corrected chi connectivity index (χ1v) is 6.21. The zero-order valence-electron chi connectivity index (χ0n) is 10.6. The van der Waals surface area contributed by atoms with Gasteiger partial charge in [-0.25, -0.2) is 0 Å². The second kappa shape index (κ2) is 4.57. The Morgan fingerprint density at radius 3 is 2.44 bits per heavy atom. The van der Waals surface area contributed by atoms with E-state index < -0.39 is 11.7 Å². The highest BCUT2D eigenvalue weighted by atomic mass is 19.4. The van der Waals surface area contributed by atoms with Gasteiger partial charge in [0.15, 0.2) is 0 Å². The Morgan fingerprint density at radius 1 is 1.28 bits per heavy atom. The van der Waals surface area contributed by atoms with E-state index in [0.717, 1.165) is 25.5 Å². The van der Waals surface area contributed by atoms with Crippen molar-refractivity contribution in [2.45, 2.75) is 38.9 Å². The lowest BCUT2D eigenvalue weighted by Crippen LogP contribution is -2.27. The predicted octanol–water partition coefficient (Wildman–Crippen LogP) is 4.16. The summed E-state index contributed by atoms with van der Waals surface area (Å²) in [5.41, 5.74) is 0.0849. The highest BCUT2D eigenvalue weighted by Gasteiger charge is 2.38. The molecule has 1 atom stereocenters. The molecular weight excluding hydrogens is 239 g/mol. The fourth-order valence-corrected chi connectivity index (χ4v) is 2.03. The van der Waals surface area contributed by atoms with E-state index in [1.807, 2.05) is 0 Å². The van der Waals surface area contributed by atoms with E-state index >= 15 is 0 Å². The Balaban J connectivity index is 2.11. The molecule has 0 bridgehead atoms. The quantitative estimate of drug-likeness (QED) is 0.854. The van der Waals surface area contributed by atoms with Crippen molar-refractivity contribution in [3.63, 3.8) is 0 Å². The standard InChI is InChI=1S/C14H18F3N/c1-10(18-9-13(2)7-8-13)11-5-3-4-6-12(11)14(15,16)17/h3-6,10,18H,7-9H2,1-2H3. The van der Waals surface area contributed by atoms with E-state index in [0.29, 0.717) is 11.0 Å². The molecule has 1 saturated carbocycles. The van der Waals surface area contributed by atoms with Gasteiger partial charge in [-0.1, -0.05) is 25.1 Å². The molecule has 1 aliphatic rings. The van der Waals surface area contributed by atoms with Gasteiger partial charge in [0.1, 0.15) is 0 Å². The average molecular weight is 257 g/mol. The first kappa shape index (κ1) is 13.4. The number of nitrogens with one attached hydrogen (secondary N) is 1. The van der Waals surface area contributed by atoms with E-state index in [4.69, 9.17) is 0 Å². The van der Waals surface area contributed by atoms with E-state index in [2.05, 4.69) is 12.2 Å². The maximum atomic E-state index is 12.9. The second-order valence-electron chi connectivity index (χ2n) is 5.50. The summed E-state index contributed by atoms with van der Waals surface area (Å²) in [5, 5.41) is 3.21. The molecule has 1 aromatic rings. The molecular formula is C14H18F3N. The summed E-state index contributed by atoms with van der Waals surface area (Å²) in [6.45, 7) is 4.72. The molecule has 2 rings (SSSR count). The molecule has 4 heteroatoms. The summed E-state index contributed by atoms with van der Waals surface area (Å²) in [4.78, 5) is 0. The van der Waals surface area contributed by atoms with Crippen LogP contribution in [0.15, 0.2) is 24.3 Å². The average Bonchev–Trinajstić information content (AvgIpc) is 3.04. The summed E-state index contributed by atoms with van der Waals surface area (Å²) < 4.78 is 38.6. The predicted molar refractivity (Wildman–Crippen MR) is 65.2 cm³/mol. The maximum absolute atomic E-state index is 12.9. The van der Waals surface area contributed by atoms with Crippen molar-refractivity contribution in [2.24, 2.45) is 5.41 Å². The Hall–Kier alpha value is -1.03. The first-order valence-electron chi connectivity index (χ1n) is 6.21. The van der Waals surface area contributed by atoms with E-state index in [1.54, 1.807) is 19.1 Å². The number of alkyl halides is 3. The molecule has 0 aromatic heterocycles. The zero-order valence-corrected chi connectivity index (χ0v) is 10.6. The number of rotatable bonds is 4. The minimum absolute atomic E-state index is 0.278. The van der Waals surface area contributed by atoms with Crippen LogP contribution in [0.5, 0.6) is 0 Å². The summed E-state index contributed by atoms with van der Waals surface area (Å²) in [6, 6.07) is 5.51. The molecule has 0 spiro atoms. The summed E-state index contributed by atoms with van der Waals surface area (Å²) in [5.74, 6) is 0. The molecule has 1 fully saturated rings. The van der Waals surface area contributed by atoms with Gasteiger partial charge in [0.05, 0.1) is 5.56 Å². The largest absolute Gasteiger partial charge is 0.416 e. The van der Waals surface area contributed by atoms with Crippen molar-refractivity contribution < 1.29 is 13.2 Å². The van der Waals surface area contributed by atoms with Crippen LogP contribution in [0.25, 0.3) is 0 Å². The van der Waals surface area contributed by atoms with E-state index in [9.17, 15) is 13.2 Å². The summed E-state index contributed by atoms with van der Waals surface area (Å²) >= 11 is 0. The highest BCUT2D eigenvalue weighted by molar-refractivity contribution is 5.32.